The second kappa shape index (κ2) is 8.23. The van der Waals surface area contributed by atoms with Gasteiger partial charge >= 0.3 is 0 Å². The summed E-state index contributed by atoms with van der Waals surface area (Å²) in [6, 6.07) is 10.1. The first-order valence-corrected chi connectivity index (χ1v) is 5.98. The third kappa shape index (κ3) is 6.41. The molecule has 0 radical (unpaired) electrons. The second-order valence-corrected chi connectivity index (χ2v) is 4.19. The van der Waals surface area contributed by atoms with Crippen LogP contribution in [0.15, 0.2) is 30.3 Å². The SMILES string of the molecule is COC(C)COCC(C)OCc1ccccc1. The molecule has 0 saturated carbocycles. The summed E-state index contributed by atoms with van der Waals surface area (Å²) in [5, 5.41) is 0. The number of ether oxygens (including phenoxy) is 3. The maximum atomic E-state index is 5.68. The van der Waals surface area contributed by atoms with Gasteiger partial charge < -0.3 is 14.2 Å². The summed E-state index contributed by atoms with van der Waals surface area (Å²) in [6.45, 7) is 5.83. The molecule has 3 heteroatoms. The molecule has 0 amide bonds. The van der Waals surface area contributed by atoms with Crippen molar-refractivity contribution in [2.45, 2.75) is 32.7 Å². The van der Waals surface area contributed by atoms with Gasteiger partial charge in [-0.3, -0.25) is 0 Å². The maximum absolute atomic E-state index is 5.68. The fourth-order valence-corrected chi connectivity index (χ4v) is 1.33. The highest BCUT2D eigenvalue weighted by molar-refractivity contribution is 5.13. The van der Waals surface area contributed by atoms with Crippen LogP contribution in [0.1, 0.15) is 19.4 Å². The van der Waals surface area contributed by atoms with Crippen molar-refractivity contribution in [3.8, 4) is 0 Å². The molecular weight excluding hydrogens is 216 g/mol. The second-order valence-electron chi connectivity index (χ2n) is 4.19. The Morgan fingerprint density at radius 3 is 2.29 bits per heavy atom. The van der Waals surface area contributed by atoms with Gasteiger partial charge in [0.15, 0.2) is 0 Å². The molecule has 0 aromatic heterocycles. The topological polar surface area (TPSA) is 27.7 Å². The van der Waals surface area contributed by atoms with E-state index in [0.717, 1.165) is 0 Å². The number of rotatable bonds is 8. The summed E-state index contributed by atoms with van der Waals surface area (Å²) in [5.74, 6) is 0. The zero-order valence-electron chi connectivity index (χ0n) is 10.9. The molecule has 96 valence electrons. The Morgan fingerprint density at radius 1 is 1.00 bits per heavy atom. The summed E-state index contributed by atoms with van der Waals surface area (Å²) in [4.78, 5) is 0. The highest BCUT2D eigenvalue weighted by Crippen LogP contribution is 2.03. The van der Waals surface area contributed by atoms with E-state index in [-0.39, 0.29) is 12.2 Å². The fourth-order valence-electron chi connectivity index (χ4n) is 1.33. The van der Waals surface area contributed by atoms with Crippen molar-refractivity contribution < 1.29 is 14.2 Å². The molecule has 0 heterocycles. The molecule has 0 fully saturated rings. The van der Waals surface area contributed by atoms with Crippen molar-refractivity contribution in [2.75, 3.05) is 20.3 Å². The van der Waals surface area contributed by atoms with E-state index in [1.165, 1.54) is 5.56 Å². The van der Waals surface area contributed by atoms with E-state index in [9.17, 15) is 0 Å². The van der Waals surface area contributed by atoms with Crippen molar-refractivity contribution in [3.05, 3.63) is 35.9 Å². The molecule has 0 saturated heterocycles. The number of hydrogen-bond donors (Lipinski definition) is 0. The van der Waals surface area contributed by atoms with Gasteiger partial charge in [-0.25, -0.2) is 0 Å². The van der Waals surface area contributed by atoms with Crippen LogP contribution in [0.4, 0.5) is 0 Å². The average Bonchev–Trinajstić information content (AvgIpc) is 2.37. The number of hydrogen-bond acceptors (Lipinski definition) is 3. The molecule has 2 unspecified atom stereocenters. The Labute approximate surface area is 104 Å². The standard InChI is InChI=1S/C14H22O3/c1-12(15-3)9-16-10-13(2)17-11-14-7-5-4-6-8-14/h4-8,12-13H,9-11H2,1-3H3. The van der Waals surface area contributed by atoms with Crippen LogP contribution in [0.2, 0.25) is 0 Å². The van der Waals surface area contributed by atoms with Crippen LogP contribution >= 0.6 is 0 Å². The van der Waals surface area contributed by atoms with Gasteiger partial charge in [0.1, 0.15) is 0 Å². The van der Waals surface area contributed by atoms with Gasteiger partial charge in [-0.1, -0.05) is 30.3 Å². The van der Waals surface area contributed by atoms with E-state index in [4.69, 9.17) is 14.2 Å². The molecule has 1 rings (SSSR count). The largest absolute Gasteiger partial charge is 0.379 e. The molecule has 0 spiro atoms. The highest BCUT2D eigenvalue weighted by atomic mass is 16.5. The number of methoxy groups -OCH3 is 1. The quantitative estimate of drug-likeness (QED) is 0.697. The molecule has 1 aromatic carbocycles. The lowest BCUT2D eigenvalue weighted by atomic mass is 10.2. The molecule has 17 heavy (non-hydrogen) atoms. The summed E-state index contributed by atoms with van der Waals surface area (Å²) < 4.78 is 16.3. The highest BCUT2D eigenvalue weighted by Gasteiger charge is 2.05. The minimum atomic E-state index is 0.0965. The van der Waals surface area contributed by atoms with Gasteiger partial charge in [0.2, 0.25) is 0 Å². The van der Waals surface area contributed by atoms with Crippen LogP contribution in [-0.4, -0.2) is 32.5 Å². The normalized spacial score (nSPS) is 14.5. The van der Waals surface area contributed by atoms with Gasteiger partial charge in [0.25, 0.3) is 0 Å². The van der Waals surface area contributed by atoms with Crippen LogP contribution in [0.3, 0.4) is 0 Å². The van der Waals surface area contributed by atoms with Crippen LogP contribution in [-0.2, 0) is 20.8 Å². The van der Waals surface area contributed by atoms with Crippen molar-refractivity contribution in [1.82, 2.24) is 0 Å². The summed E-state index contributed by atoms with van der Waals surface area (Å²) in [5.41, 5.74) is 1.18. The zero-order valence-corrected chi connectivity index (χ0v) is 10.9. The first-order chi connectivity index (χ1) is 8.22. The molecule has 1 aromatic rings. The molecule has 0 aliphatic carbocycles. The summed E-state index contributed by atoms with van der Waals surface area (Å²) in [7, 11) is 1.68. The first-order valence-electron chi connectivity index (χ1n) is 5.98. The Kier molecular flexibility index (Phi) is 6.86. The average molecular weight is 238 g/mol. The van der Waals surface area contributed by atoms with Crippen molar-refractivity contribution in [3.63, 3.8) is 0 Å². The zero-order chi connectivity index (χ0) is 12.5. The Morgan fingerprint density at radius 2 is 1.65 bits per heavy atom. The lowest BCUT2D eigenvalue weighted by Gasteiger charge is -2.15. The van der Waals surface area contributed by atoms with Gasteiger partial charge in [0.05, 0.1) is 32.0 Å². The fraction of sp³-hybridized carbons (Fsp3) is 0.571. The Hall–Kier alpha value is -0.900. The molecule has 0 bridgehead atoms. The van der Waals surface area contributed by atoms with E-state index in [1.54, 1.807) is 7.11 Å². The van der Waals surface area contributed by atoms with E-state index < -0.39 is 0 Å². The van der Waals surface area contributed by atoms with Gasteiger partial charge in [-0.05, 0) is 19.4 Å². The Balaban J connectivity index is 2.11. The molecule has 0 aliphatic heterocycles. The van der Waals surface area contributed by atoms with Gasteiger partial charge in [-0.2, -0.15) is 0 Å². The third-order valence-electron chi connectivity index (χ3n) is 2.48. The van der Waals surface area contributed by atoms with Crippen molar-refractivity contribution in [2.24, 2.45) is 0 Å². The monoisotopic (exact) mass is 238 g/mol. The molecule has 3 nitrogen and oxygen atoms in total. The maximum Gasteiger partial charge on any atom is 0.0785 e. The molecule has 0 aliphatic rings. The van der Waals surface area contributed by atoms with Gasteiger partial charge in [-0.15, -0.1) is 0 Å². The van der Waals surface area contributed by atoms with Crippen molar-refractivity contribution in [1.29, 1.82) is 0 Å². The molecular formula is C14H22O3. The Bertz CT molecular complexity index is 287. The van der Waals surface area contributed by atoms with E-state index in [0.29, 0.717) is 19.8 Å². The van der Waals surface area contributed by atoms with E-state index in [2.05, 4.69) is 12.1 Å². The predicted molar refractivity (Wildman–Crippen MR) is 68.0 cm³/mol. The first kappa shape index (κ1) is 14.2. The van der Waals surface area contributed by atoms with Crippen molar-refractivity contribution >= 4 is 0 Å². The lowest BCUT2D eigenvalue weighted by molar-refractivity contribution is -0.0418. The lowest BCUT2D eigenvalue weighted by Crippen LogP contribution is -2.21. The van der Waals surface area contributed by atoms with Crippen LogP contribution in [0.25, 0.3) is 0 Å². The molecule has 0 N–H and O–H groups in total. The van der Waals surface area contributed by atoms with Crippen LogP contribution in [0.5, 0.6) is 0 Å². The summed E-state index contributed by atoms with van der Waals surface area (Å²) >= 11 is 0. The summed E-state index contributed by atoms with van der Waals surface area (Å²) in [6.07, 6.45) is 0.232. The van der Waals surface area contributed by atoms with Gasteiger partial charge in [0, 0.05) is 7.11 Å². The number of benzene rings is 1. The third-order valence-corrected chi connectivity index (χ3v) is 2.48. The molecule has 2 atom stereocenters. The van der Waals surface area contributed by atoms with Crippen LogP contribution in [0, 0.1) is 0 Å². The minimum Gasteiger partial charge on any atom is -0.379 e. The van der Waals surface area contributed by atoms with E-state index >= 15 is 0 Å². The van der Waals surface area contributed by atoms with Crippen LogP contribution < -0.4 is 0 Å². The predicted octanol–water partition coefficient (Wildman–Crippen LogP) is 2.64. The minimum absolute atomic E-state index is 0.0965. The van der Waals surface area contributed by atoms with E-state index in [1.807, 2.05) is 32.0 Å². The smallest absolute Gasteiger partial charge is 0.0785 e.